The lowest BCUT2D eigenvalue weighted by Crippen LogP contribution is -2.52. The number of aliphatic carboxylic acids is 1. The van der Waals surface area contributed by atoms with Gasteiger partial charge in [0.25, 0.3) is 0 Å². The van der Waals surface area contributed by atoms with Crippen LogP contribution in [0.1, 0.15) is 65.2 Å². The maximum Gasteiger partial charge on any atom is 0.323 e. The van der Waals surface area contributed by atoms with E-state index in [4.69, 9.17) is 0 Å². The maximum absolute atomic E-state index is 11.5. The van der Waals surface area contributed by atoms with E-state index in [9.17, 15) is 9.90 Å². The third kappa shape index (κ3) is 2.56. The van der Waals surface area contributed by atoms with Crippen molar-refractivity contribution in [1.82, 2.24) is 4.90 Å². The van der Waals surface area contributed by atoms with Gasteiger partial charge in [-0.25, -0.2) is 0 Å². The van der Waals surface area contributed by atoms with Crippen LogP contribution in [0.5, 0.6) is 0 Å². The lowest BCUT2D eigenvalue weighted by molar-refractivity contribution is -0.150. The average molecular weight is 253 g/mol. The molecular weight excluding hydrogens is 226 g/mol. The largest absolute Gasteiger partial charge is 0.480 e. The normalized spacial score (nSPS) is 38.6. The standard InChI is InChI=1S/C15H27NO2/c1-3-12-6-4-7-13(9-8-12)16-11-5-10-15(16,2)14(17)18/h12-13H,3-11H2,1-2H3,(H,17,18). The molecule has 18 heavy (non-hydrogen) atoms. The van der Waals surface area contributed by atoms with E-state index in [1.807, 2.05) is 6.92 Å². The Morgan fingerprint density at radius 2 is 2.06 bits per heavy atom. The SMILES string of the molecule is CCC1CCCC(N2CCCC2(C)C(=O)O)CC1. The predicted octanol–water partition coefficient (Wildman–Crippen LogP) is 3.28. The molecule has 1 aliphatic carbocycles. The zero-order valence-electron chi connectivity index (χ0n) is 11.8. The molecule has 2 rings (SSSR count). The summed E-state index contributed by atoms with van der Waals surface area (Å²) < 4.78 is 0. The molecule has 0 bridgehead atoms. The molecule has 1 heterocycles. The van der Waals surface area contributed by atoms with Gasteiger partial charge in [-0.3, -0.25) is 9.69 Å². The molecule has 1 aliphatic heterocycles. The number of likely N-dealkylation sites (tertiary alicyclic amines) is 1. The van der Waals surface area contributed by atoms with Gasteiger partial charge >= 0.3 is 5.97 Å². The summed E-state index contributed by atoms with van der Waals surface area (Å²) in [5.74, 6) is 0.241. The van der Waals surface area contributed by atoms with Gasteiger partial charge in [0.05, 0.1) is 0 Å². The first-order valence-electron chi connectivity index (χ1n) is 7.58. The molecule has 3 unspecified atom stereocenters. The van der Waals surface area contributed by atoms with E-state index < -0.39 is 11.5 Å². The number of nitrogens with zero attached hydrogens (tertiary/aromatic N) is 1. The molecule has 0 radical (unpaired) electrons. The topological polar surface area (TPSA) is 40.5 Å². The molecule has 0 aromatic carbocycles. The zero-order chi connectivity index (χ0) is 13.2. The molecule has 104 valence electrons. The highest BCUT2D eigenvalue weighted by molar-refractivity contribution is 5.78. The molecular formula is C15H27NO2. The van der Waals surface area contributed by atoms with Crippen LogP contribution >= 0.6 is 0 Å². The van der Waals surface area contributed by atoms with Crippen molar-refractivity contribution in [2.45, 2.75) is 76.8 Å². The summed E-state index contributed by atoms with van der Waals surface area (Å²) >= 11 is 0. The molecule has 2 aliphatic rings. The Bertz CT molecular complexity index is 305. The Labute approximate surface area is 111 Å². The van der Waals surface area contributed by atoms with Crippen molar-refractivity contribution in [2.24, 2.45) is 5.92 Å². The second-order valence-corrected chi connectivity index (χ2v) is 6.31. The molecule has 0 amide bonds. The molecule has 0 spiro atoms. The van der Waals surface area contributed by atoms with Gasteiger partial charge in [-0.2, -0.15) is 0 Å². The Kier molecular flexibility index (Phi) is 4.31. The fourth-order valence-electron chi connectivity index (χ4n) is 3.88. The summed E-state index contributed by atoms with van der Waals surface area (Å²) in [6.07, 6.45) is 9.42. The van der Waals surface area contributed by atoms with Crippen molar-refractivity contribution < 1.29 is 9.90 Å². The Morgan fingerprint density at radius 1 is 1.28 bits per heavy atom. The number of hydrogen-bond donors (Lipinski definition) is 1. The van der Waals surface area contributed by atoms with Crippen LogP contribution in [-0.4, -0.2) is 34.1 Å². The molecule has 1 N–H and O–H groups in total. The van der Waals surface area contributed by atoms with E-state index in [1.54, 1.807) is 0 Å². The van der Waals surface area contributed by atoms with Gasteiger partial charge in [-0.1, -0.05) is 26.2 Å². The fourth-order valence-corrected chi connectivity index (χ4v) is 3.88. The van der Waals surface area contributed by atoms with Gasteiger partial charge in [0.1, 0.15) is 5.54 Å². The minimum absolute atomic E-state index is 0.505. The minimum Gasteiger partial charge on any atom is -0.480 e. The van der Waals surface area contributed by atoms with E-state index in [2.05, 4.69) is 11.8 Å². The number of rotatable bonds is 3. The van der Waals surface area contributed by atoms with Crippen LogP contribution in [0.15, 0.2) is 0 Å². The third-order valence-corrected chi connectivity index (χ3v) is 5.23. The quantitative estimate of drug-likeness (QED) is 0.785. The second kappa shape index (κ2) is 5.60. The second-order valence-electron chi connectivity index (χ2n) is 6.31. The molecule has 0 aromatic rings. The Hall–Kier alpha value is -0.570. The molecule has 3 heteroatoms. The lowest BCUT2D eigenvalue weighted by Gasteiger charge is -2.37. The lowest BCUT2D eigenvalue weighted by atomic mass is 9.95. The Morgan fingerprint density at radius 3 is 2.72 bits per heavy atom. The smallest absolute Gasteiger partial charge is 0.323 e. The van der Waals surface area contributed by atoms with Crippen LogP contribution in [0.2, 0.25) is 0 Å². The van der Waals surface area contributed by atoms with Crippen LogP contribution in [0, 0.1) is 5.92 Å². The molecule has 1 saturated carbocycles. The van der Waals surface area contributed by atoms with Gasteiger partial charge in [0, 0.05) is 6.04 Å². The molecule has 3 nitrogen and oxygen atoms in total. The van der Waals surface area contributed by atoms with Crippen molar-refractivity contribution in [3.05, 3.63) is 0 Å². The Balaban J connectivity index is 2.04. The van der Waals surface area contributed by atoms with Crippen LogP contribution in [0.4, 0.5) is 0 Å². The average Bonchev–Trinajstić information content (AvgIpc) is 2.61. The van der Waals surface area contributed by atoms with Crippen molar-refractivity contribution in [3.63, 3.8) is 0 Å². The zero-order valence-corrected chi connectivity index (χ0v) is 11.8. The predicted molar refractivity (Wildman–Crippen MR) is 72.6 cm³/mol. The third-order valence-electron chi connectivity index (χ3n) is 5.23. The van der Waals surface area contributed by atoms with Gasteiger partial charge in [-0.05, 0) is 51.5 Å². The van der Waals surface area contributed by atoms with Crippen molar-refractivity contribution in [2.75, 3.05) is 6.54 Å². The number of carboxylic acids is 1. The molecule has 2 fully saturated rings. The first kappa shape index (κ1) is 13.9. The van der Waals surface area contributed by atoms with Crippen LogP contribution in [0.25, 0.3) is 0 Å². The summed E-state index contributed by atoms with van der Waals surface area (Å²) in [5, 5.41) is 9.50. The highest BCUT2D eigenvalue weighted by Crippen LogP contribution is 2.37. The monoisotopic (exact) mass is 253 g/mol. The maximum atomic E-state index is 11.5. The number of carboxylic acid groups (broad SMARTS) is 1. The van der Waals surface area contributed by atoms with Crippen LogP contribution in [-0.2, 0) is 4.79 Å². The number of carbonyl (C=O) groups is 1. The summed E-state index contributed by atoms with van der Waals surface area (Å²) in [6.45, 7) is 5.18. The molecule has 0 aromatic heterocycles. The van der Waals surface area contributed by atoms with Crippen LogP contribution in [0.3, 0.4) is 0 Å². The number of hydrogen-bond acceptors (Lipinski definition) is 2. The summed E-state index contributed by atoms with van der Waals surface area (Å²) in [6, 6.07) is 0.505. The van der Waals surface area contributed by atoms with E-state index in [-0.39, 0.29) is 0 Å². The van der Waals surface area contributed by atoms with Crippen molar-refractivity contribution in [3.8, 4) is 0 Å². The van der Waals surface area contributed by atoms with E-state index in [0.29, 0.717) is 6.04 Å². The summed E-state index contributed by atoms with van der Waals surface area (Å²) in [4.78, 5) is 13.8. The fraction of sp³-hybridized carbons (Fsp3) is 0.933. The highest BCUT2D eigenvalue weighted by Gasteiger charge is 2.46. The van der Waals surface area contributed by atoms with E-state index in [1.165, 1.54) is 38.5 Å². The van der Waals surface area contributed by atoms with Gasteiger partial charge in [0.2, 0.25) is 0 Å². The molecule has 1 saturated heterocycles. The first-order valence-corrected chi connectivity index (χ1v) is 7.58. The van der Waals surface area contributed by atoms with Crippen molar-refractivity contribution >= 4 is 5.97 Å². The van der Waals surface area contributed by atoms with E-state index >= 15 is 0 Å². The first-order chi connectivity index (χ1) is 8.58. The van der Waals surface area contributed by atoms with Crippen molar-refractivity contribution in [1.29, 1.82) is 0 Å². The van der Waals surface area contributed by atoms with Gasteiger partial charge in [0.15, 0.2) is 0 Å². The van der Waals surface area contributed by atoms with Gasteiger partial charge in [-0.15, -0.1) is 0 Å². The van der Waals surface area contributed by atoms with Gasteiger partial charge < -0.3 is 5.11 Å². The summed E-state index contributed by atoms with van der Waals surface area (Å²) in [7, 11) is 0. The van der Waals surface area contributed by atoms with Crippen LogP contribution < -0.4 is 0 Å². The van der Waals surface area contributed by atoms with E-state index in [0.717, 1.165) is 25.3 Å². The highest BCUT2D eigenvalue weighted by atomic mass is 16.4. The minimum atomic E-state index is -0.628. The summed E-state index contributed by atoms with van der Waals surface area (Å²) in [5.41, 5.74) is -0.600. The molecule has 3 atom stereocenters.